The van der Waals surface area contributed by atoms with Gasteiger partial charge in [0.2, 0.25) is 0 Å². The summed E-state index contributed by atoms with van der Waals surface area (Å²) < 4.78 is 15.9. The Morgan fingerprint density at radius 2 is 1.89 bits per heavy atom. The predicted molar refractivity (Wildman–Crippen MR) is 77.2 cm³/mol. The van der Waals surface area contributed by atoms with Gasteiger partial charge in [0.05, 0.1) is 6.54 Å². The van der Waals surface area contributed by atoms with Crippen LogP contribution in [-0.2, 0) is 6.54 Å². The van der Waals surface area contributed by atoms with Crippen LogP contribution in [0.3, 0.4) is 0 Å². The zero-order valence-corrected chi connectivity index (χ0v) is 11.3. The minimum Gasteiger partial charge on any atom is -0.340 e. The van der Waals surface area contributed by atoms with Crippen LogP contribution in [0.2, 0.25) is 5.02 Å². The van der Waals surface area contributed by atoms with Gasteiger partial charge in [0.25, 0.3) is 0 Å². The van der Waals surface area contributed by atoms with Crippen molar-refractivity contribution < 1.29 is 4.39 Å². The molecule has 0 aliphatic heterocycles. The molecule has 3 rings (SSSR count). The van der Waals surface area contributed by atoms with Crippen molar-refractivity contribution in [3.05, 3.63) is 70.6 Å². The Morgan fingerprint density at radius 3 is 2.74 bits per heavy atom. The van der Waals surface area contributed by atoms with Crippen LogP contribution in [-0.4, -0.2) is 4.57 Å². The Kier molecular flexibility index (Phi) is 3.03. The lowest BCUT2D eigenvalue weighted by Gasteiger charge is -2.09. The fourth-order valence-corrected chi connectivity index (χ4v) is 2.59. The lowest BCUT2D eigenvalue weighted by atomic mass is 10.2. The second-order valence-electron chi connectivity index (χ2n) is 4.67. The first kappa shape index (κ1) is 12.2. The Morgan fingerprint density at radius 1 is 1.11 bits per heavy atom. The number of fused-ring (bicyclic) bond motifs is 1. The van der Waals surface area contributed by atoms with E-state index in [1.54, 1.807) is 12.1 Å². The monoisotopic (exact) mass is 273 g/mol. The number of para-hydroxylation sites is 1. The highest BCUT2D eigenvalue weighted by Crippen LogP contribution is 2.22. The van der Waals surface area contributed by atoms with Crippen molar-refractivity contribution in [2.24, 2.45) is 0 Å². The molecule has 0 atom stereocenters. The summed E-state index contributed by atoms with van der Waals surface area (Å²) >= 11 is 5.94. The molecule has 0 aliphatic rings. The van der Waals surface area contributed by atoms with E-state index < -0.39 is 0 Å². The van der Waals surface area contributed by atoms with Gasteiger partial charge in [0.15, 0.2) is 0 Å². The van der Waals surface area contributed by atoms with Gasteiger partial charge in [-0.15, -0.1) is 0 Å². The fourth-order valence-electron chi connectivity index (χ4n) is 2.39. The molecular formula is C16H13ClFN. The van der Waals surface area contributed by atoms with E-state index in [0.29, 0.717) is 17.1 Å². The third-order valence-corrected chi connectivity index (χ3v) is 3.59. The average molecular weight is 274 g/mol. The largest absolute Gasteiger partial charge is 0.340 e. The highest BCUT2D eigenvalue weighted by molar-refractivity contribution is 6.30. The van der Waals surface area contributed by atoms with Crippen LogP contribution in [0.25, 0.3) is 10.9 Å². The number of nitrogens with zero attached hydrogens (tertiary/aromatic N) is 1. The summed E-state index contributed by atoms with van der Waals surface area (Å²) in [6.07, 6.45) is 0. The Balaban J connectivity index is 2.10. The van der Waals surface area contributed by atoms with Crippen LogP contribution < -0.4 is 0 Å². The summed E-state index contributed by atoms with van der Waals surface area (Å²) in [6.45, 7) is 2.52. The number of aromatic nitrogens is 1. The molecule has 0 N–H and O–H groups in total. The van der Waals surface area contributed by atoms with Crippen LogP contribution in [0.1, 0.15) is 11.3 Å². The first-order valence-corrected chi connectivity index (χ1v) is 6.52. The van der Waals surface area contributed by atoms with E-state index in [0.717, 1.165) is 11.2 Å². The van der Waals surface area contributed by atoms with Gasteiger partial charge in [-0.05, 0) is 42.6 Å². The van der Waals surface area contributed by atoms with Gasteiger partial charge < -0.3 is 4.57 Å². The van der Waals surface area contributed by atoms with E-state index in [1.165, 1.54) is 11.5 Å². The first-order chi connectivity index (χ1) is 9.15. The zero-order valence-electron chi connectivity index (χ0n) is 10.5. The van der Waals surface area contributed by atoms with E-state index in [-0.39, 0.29) is 5.82 Å². The van der Waals surface area contributed by atoms with Crippen molar-refractivity contribution in [2.75, 3.05) is 0 Å². The van der Waals surface area contributed by atoms with Crippen LogP contribution in [0, 0.1) is 12.7 Å². The third-order valence-electron chi connectivity index (χ3n) is 3.35. The SMILES string of the molecule is Cc1cc2ccccc2n1Cc1cc(Cl)ccc1F. The van der Waals surface area contributed by atoms with Gasteiger partial charge in [-0.3, -0.25) is 0 Å². The number of benzene rings is 2. The molecule has 96 valence electrons. The standard InChI is InChI=1S/C16H13ClFN/c1-11-8-12-4-2-3-5-16(12)19(11)10-13-9-14(17)6-7-15(13)18/h2-9H,10H2,1H3. The van der Waals surface area contributed by atoms with Gasteiger partial charge in [-0.2, -0.15) is 0 Å². The maximum Gasteiger partial charge on any atom is 0.128 e. The van der Waals surface area contributed by atoms with Crippen LogP contribution in [0.4, 0.5) is 4.39 Å². The maximum atomic E-state index is 13.8. The molecule has 0 aliphatic carbocycles. The van der Waals surface area contributed by atoms with Crippen LogP contribution in [0.5, 0.6) is 0 Å². The Hall–Kier alpha value is -1.80. The molecule has 0 amide bonds. The molecule has 3 heteroatoms. The van der Waals surface area contributed by atoms with E-state index in [2.05, 4.69) is 16.7 Å². The first-order valence-electron chi connectivity index (χ1n) is 6.14. The number of hydrogen-bond donors (Lipinski definition) is 0. The molecule has 0 bridgehead atoms. The van der Waals surface area contributed by atoms with Crippen molar-refractivity contribution in [3.8, 4) is 0 Å². The van der Waals surface area contributed by atoms with Crippen molar-refractivity contribution in [2.45, 2.75) is 13.5 Å². The van der Waals surface area contributed by atoms with Crippen LogP contribution >= 0.6 is 11.6 Å². The second-order valence-corrected chi connectivity index (χ2v) is 5.10. The summed E-state index contributed by atoms with van der Waals surface area (Å²) in [5.74, 6) is -0.221. The van der Waals surface area contributed by atoms with Crippen molar-refractivity contribution in [1.82, 2.24) is 4.57 Å². The topological polar surface area (TPSA) is 4.93 Å². The highest BCUT2D eigenvalue weighted by Gasteiger charge is 2.09. The third kappa shape index (κ3) is 2.24. The van der Waals surface area contributed by atoms with E-state index in [1.807, 2.05) is 25.1 Å². The van der Waals surface area contributed by atoms with Crippen molar-refractivity contribution >= 4 is 22.5 Å². The van der Waals surface area contributed by atoms with E-state index in [4.69, 9.17) is 11.6 Å². The summed E-state index contributed by atoms with van der Waals surface area (Å²) in [4.78, 5) is 0. The Labute approximate surface area is 116 Å². The van der Waals surface area contributed by atoms with Gasteiger partial charge in [-0.25, -0.2) is 4.39 Å². The molecule has 0 spiro atoms. The number of halogens is 2. The minimum absolute atomic E-state index is 0.221. The Bertz CT molecular complexity index is 746. The molecule has 2 aromatic carbocycles. The van der Waals surface area contributed by atoms with Gasteiger partial charge in [0.1, 0.15) is 5.82 Å². The molecule has 0 unspecified atom stereocenters. The highest BCUT2D eigenvalue weighted by atomic mass is 35.5. The smallest absolute Gasteiger partial charge is 0.128 e. The van der Waals surface area contributed by atoms with Crippen molar-refractivity contribution in [1.29, 1.82) is 0 Å². The molecule has 0 saturated heterocycles. The predicted octanol–water partition coefficient (Wildman–Crippen LogP) is 4.79. The van der Waals surface area contributed by atoms with Gasteiger partial charge in [0, 0.05) is 21.8 Å². The minimum atomic E-state index is -0.221. The van der Waals surface area contributed by atoms with Gasteiger partial charge >= 0.3 is 0 Å². The molecule has 1 heterocycles. The summed E-state index contributed by atoms with van der Waals surface area (Å²) in [5.41, 5.74) is 2.83. The maximum absolute atomic E-state index is 13.8. The lowest BCUT2D eigenvalue weighted by molar-refractivity contribution is 0.600. The second kappa shape index (κ2) is 4.71. The average Bonchev–Trinajstić information content (AvgIpc) is 2.71. The molecule has 3 aromatic rings. The van der Waals surface area contributed by atoms with Crippen molar-refractivity contribution in [3.63, 3.8) is 0 Å². The van der Waals surface area contributed by atoms with E-state index in [9.17, 15) is 4.39 Å². The molecule has 1 aromatic heterocycles. The number of hydrogen-bond acceptors (Lipinski definition) is 0. The molecule has 19 heavy (non-hydrogen) atoms. The fraction of sp³-hybridized carbons (Fsp3) is 0.125. The zero-order chi connectivity index (χ0) is 13.4. The van der Waals surface area contributed by atoms with Gasteiger partial charge in [-0.1, -0.05) is 29.8 Å². The molecule has 1 nitrogen and oxygen atoms in total. The molecule has 0 radical (unpaired) electrons. The number of rotatable bonds is 2. The van der Waals surface area contributed by atoms with Crippen LogP contribution in [0.15, 0.2) is 48.5 Å². The molecule has 0 fully saturated rings. The lowest BCUT2D eigenvalue weighted by Crippen LogP contribution is -2.03. The normalized spacial score (nSPS) is 11.1. The number of aryl methyl sites for hydroxylation is 1. The summed E-state index contributed by atoms with van der Waals surface area (Å²) in [7, 11) is 0. The quantitative estimate of drug-likeness (QED) is 0.633. The summed E-state index contributed by atoms with van der Waals surface area (Å²) in [5, 5.41) is 1.73. The molecule has 0 saturated carbocycles. The van der Waals surface area contributed by atoms with E-state index >= 15 is 0 Å². The molecular weight excluding hydrogens is 261 g/mol. The summed E-state index contributed by atoms with van der Waals surface area (Å²) in [6, 6.07) is 14.9.